The Morgan fingerprint density at radius 3 is 2.62 bits per heavy atom. The van der Waals surface area contributed by atoms with Crippen LogP contribution in [0, 0.1) is 17.8 Å². The van der Waals surface area contributed by atoms with Crippen molar-refractivity contribution in [2.45, 2.75) is 57.4 Å². The molecular formula is C15H25N. The normalized spacial score (nSPS) is 37.6. The monoisotopic (exact) mass is 219 g/mol. The van der Waals surface area contributed by atoms with E-state index in [2.05, 4.69) is 17.5 Å². The van der Waals surface area contributed by atoms with Crippen LogP contribution in [0.15, 0.2) is 12.2 Å². The Labute approximate surface area is 99.7 Å². The van der Waals surface area contributed by atoms with E-state index >= 15 is 0 Å². The minimum absolute atomic E-state index is 0.874. The molecule has 0 aromatic rings. The predicted molar refractivity (Wildman–Crippen MR) is 68.3 cm³/mol. The third-order valence-electron chi connectivity index (χ3n) is 4.81. The molecule has 0 aromatic heterocycles. The van der Waals surface area contributed by atoms with Gasteiger partial charge in [-0.25, -0.2) is 0 Å². The molecular weight excluding hydrogens is 194 g/mol. The average molecular weight is 219 g/mol. The van der Waals surface area contributed by atoms with E-state index < -0.39 is 0 Å². The van der Waals surface area contributed by atoms with Gasteiger partial charge < -0.3 is 5.32 Å². The Morgan fingerprint density at radius 2 is 1.94 bits per heavy atom. The summed E-state index contributed by atoms with van der Waals surface area (Å²) in [6, 6.07) is 0.874. The number of fused-ring (bicyclic) bond motifs is 2. The van der Waals surface area contributed by atoms with Crippen molar-refractivity contribution in [1.82, 2.24) is 5.32 Å². The minimum atomic E-state index is 0.874. The van der Waals surface area contributed by atoms with Crippen molar-refractivity contribution in [3.05, 3.63) is 12.2 Å². The smallest absolute Gasteiger partial charge is 0.00683 e. The van der Waals surface area contributed by atoms with Crippen molar-refractivity contribution >= 4 is 0 Å². The van der Waals surface area contributed by atoms with E-state index in [1.807, 2.05) is 0 Å². The van der Waals surface area contributed by atoms with Gasteiger partial charge in [0.1, 0.15) is 0 Å². The minimum Gasteiger partial charge on any atom is -0.314 e. The Hall–Kier alpha value is -0.300. The van der Waals surface area contributed by atoms with Gasteiger partial charge in [-0.05, 0) is 69.2 Å². The van der Waals surface area contributed by atoms with Crippen LogP contribution in [0.2, 0.25) is 0 Å². The highest BCUT2D eigenvalue weighted by Crippen LogP contribution is 2.49. The molecule has 1 N–H and O–H groups in total. The summed E-state index contributed by atoms with van der Waals surface area (Å²) in [6.07, 6.45) is 16.5. The zero-order valence-electron chi connectivity index (χ0n) is 10.3. The third-order valence-corrected chi connectivity index (χ3v) is 4.81. The van der Waals surface area contributed by atoms with Gasteiger partial charge in [-0.15, -0.1) is 0 Å². The molecule has 0 amide bonds. The van der Waals surface area contributed by atoms with Crippen molar-refractivity contribution in [3.63, 3.8) is 0 Å². The van der Waals surface area contributed by atoms with Crippen LogP contribution in [-0.4, -0.2) is 12.6 Å². The van der Waals surface area contributed by atoms with Crippen LogP contribution in [0.5, 0.6) is 0 Å². The van der Waals surface area contributed by atoms with Gasteiger partial charge in [0.2, 0.25) is 0 Å². The average Bonchev–Trinajstić information content (AvgIpc) is 2.88. The number of nitrogens with one attached hydrogen (secondary N) is 1. The van der Waals surface area contributed by atoms with Crippen molar-refractivity contribution in [2.24, 2.45) is 17.8 Å². The molecule has 0 aliphatic heterocycles. The first-order valence-corrected chi connectivity index (χ1v) is 7.30. The Bertz CT molecular complexity index is 254. The number of hydrogen-bond donors (Lipinski definition) is 1. The highest BCUT2D eigenvalue weighted by Gasteiger charge is 2.38. The zero-order chi connectivity index (χ0) is 10.8. The van der Waals surface area contributed by atoms with Crippen LogP contribution in [0.4, 0.5) is 0 Å². The predicted octanol–water partition coefficient (Wildman–Crippen LogP) is 3.51. The van der Waals surface area contributed by atoms with Crippen LogP contribution in [0.25, 0.3) is 0 Å². The van der Waals surface area contributed by atoms with Gasteiger partial charge in [-0.2, -0.15) is 0 Å². The molecule has 3 rings (SSSR count). The Balaban J connectivity index is 1.28. The van der Waals surface area contributed by atoms with E-state index in [0.717, 1.165) is 23.8 Å². The first-order chi connectivity index (χ1) is 7.92. The largest absolute Gasteiger partial charge is 0.314 e. The van der Waals surface area contributed by atoms with E-state index in [1.54, 1.807) is 6.42 Å². The maximum absolute atomic E-state index is 3.56. The summed E-state index contributed by atoms with van der Waals surface area (Å²) in [5.41, 5.74) is 0. The molecule has 0 spiro atoms. The van der Waals surface area contributed by atoms with E-state index in [1.165, 1.54) is 51.5 Å². The van der Waals surface area contributed by atoms with Gasteiger partial charge >= 0.3 is 0 Å². The molecule has 2 bridgehead atoms. The maximum atomic E-state index is 3.56. The first-order valence-electron chi connectivity index (χ1n) is 7.30. The standard InChI is InChI=1S/C15H25N/c1(3-9-16-15-7-8-15)2-4-13-10-12-5-6-14(13)11-12/h1-2,12-16H,3-11H2. The molecule has 3 fully saturated rings. The lowest BCUT2D eigenvalue weighted by Crippen LogP contribution is -2.16. The molecule has 0 heterocycles. The van der Waals surface area contributed by atoms with Gasteiger partial charge in [-0.1, -0.05) is 18.6 Å². The molecule has 3 aliphatic rings. The van der Waals surface area contributed by atoms with Gasteiger partial charge in [0.05, 0.1) is 0 Å². The first kappa shape index (κ1) is 10.8. The maximum Gasteiger partial charge on any atom is 0.00683 e. The van der Waals surface area contributed by atoms with Crippen LogP contribution in [0.1, 0.15) is 51.4 Å². The third kappa shape index (κ3) is 2.68. The summed E-state index contributed by atoms with van der Waals surface area (Å²) in [5.74, 6) is 3.26. The molecule has 3 saturated carbocycles. The van der Waals surface area contributed by atoms with Crippen molar-refractivity contribution in [1.29, 1.82) is 0 Å². The summed E-state index contributed by atoms with van der Waals surface area (Å²) in [7, 11) is 0. The van der Waals surface area contributed by atoms with Gasteiger partial charge in [0.15, 0.2) is 0 Å². The van der Waals surface area contributed by atoms with Gasteiger partial charge in [-0.3, -0.25) is 0 Å². The van der Waals surface area contributed by atoms with Crippen LogP contribution >= 0.6 is 0 Å². The fourth-order valence-electron chi connectivity index (χ4n) is 3.71. The second kappa shape index (κ2) is 4.91. The Morgan fingerprint density at radius 1 is 1.00 bits per heavy atom. The summed E-state index contributed by atoms with van der Waals surface area (Å²) < 4.78 is 0. The molecule has 1 nitrogen and oxygen atoms in total. The molecule has 3 atom stereocenters. The molecule has 1 heteroatoms. The topological polar surface area (TPSA) is 12.0 Å². The number of allylic oxidation sites excluding steroid dienone is 1. The lowest BCUT2D eigenvalue weighted by atomic mass is 9.86. The number of rotatable bonds is 6. The second-order valence-corrected chi connectivity index (χ2v) is 6.16. The van der Waals surface area contributed by atoms with Crippen LogP contribution < -0.4 is 5.32 Å². The fraction of sp³-hybridized carbons (Fsp3) is 0.867. The van der Waals surface area contributed by atoms with E-state index in [9.17, 15) is 0 Å². The molecule has 3 aliphatic carbocycles. The van der Waals surface area contributed by atoms with Crippen LogP contribution in [-0.2, 0) is 0 Å². The second-order valence-electron chi connectivity index (χ2n) is 6.16. The number of hydrogen-bond acceptors (Lipinski definition) is 1. The fourth-order valence-corrected chi connectivity index (χ4v) is 3.71. The van der Waals surface area contributed by atoms with E-state index in [0.29, 0.717) is 0 Å². The summed E-state index contributed by atoms with van der Waals surface area (Å²) >= 11 is 0. The summed E-state index contributed by atoms with van der Waals surface area (Å²) in [6.45, 7) is 1.19. The van der Waals surface area contributed by atoms with Crippen molar-refractivity contribution in [3.8, 4) is 0 Å². The van der Waals surface area contributed by atoms with Gasteiger partial charge in [0.25, 0.3) is 0 Å². The van der Waals surface area contributed by atoms with E-state index in [-0.39, 0.29) is 0 Å². The van der Waals surface area contributed by atoms with Crippen molar-refractivity contribution in [2.75, 3.05) is 6.54 Å². The SMILES string of the molecule is C(=CCC1CC2CCC1C2)CCNC1CC1. The summed E-state index contributed by atoms with van der Waals surface area (Å²) in [4.78, 5) is 0. The molecule has 3 unspecified atom stereocenters. The Kier molecular flexibility index (Phi) is 3.32. The van der Waals surface area contributed by atoms with E-state index in [4.69, 9.17) is 0 Å². The highest BCUT2D eigenvalue weighted by atomic mass is 14.9. The van der Waals surface area contributed by atoms with Crippen molar-refractivity contribution < 1.29 is 0 Å². The van der Waals surface area contributed by atoms with Crippen LogP contribution in [0.3, 0.4) is 0 Å². The lowest BCUT2D eigenvalue weighted by Gasteiger charge is -2.19. The zero-order valence-corrected chi connectivity index (χ0v) is 10.3. The molecule has 16 heavy (non-hydrogen) atoms. The highest BCUT2D eigenvalue weighted by molar-refractivity contribution is 4.95. The molecule has 90 valence electrons. The summed E-state index contributed by atoms with van der Waals surface area (Å²) in [5, 5.41) is 3.56. The van der Waals surface area contributed by atoms with Gasteiger partial charge in [0, 0.05) is 6.04 Å². The molecule has 0 radical (unpaired) electrons. The quantitative estimate of drug-likeness (QED) is 0.532. The lowest BCUT2D eigenvalue weighted by molar-refractivity contribution is 0.336. The molecule has 0 saturated heterocycles. The molecule has 0 aromatic carbocycles.